The van der Waals surface area contributed by atoms with E-state index in [-0.39, 0.29) is 27.0 Å². The van der Waals surface area contributed by atoms with Gasteiger partial charge in [-0.25, -0.2) is 0 Å². The van der Waals surface area contributed by atoms with Crippen LogP contribution < -0.4 is 0 Å². The molecule has 2 aromatic rings. The van der Waals surface area contributed by atoms with E-state index in [1.165, 1.54) is 12.1 Å². The summed E-state index contributed by atoms with van der Waals surface area (Å²) in [6.45, 7) is 1.95. The topological polar surface area (TPSA) is 82.1 Å². The Morgan fingerprint density at radius 1 is 1.53 bits per heavy atom. The fourth-order valence-electron chi connectivity index (χ4n) is 1.51. The third-order valence-electron chi connectivity index (χ3n) is 2.47. The minimum Gasteiger partial charge on any atom is -0.419 e. The first kappa shape index (κ1) is 14.0. The molecule has 0 amide bonds. The Morgan fingerprint density at radius 3 is 2.89 bits per heavy atom. The lowest BCUT2D eigenvalue weighted by Crippen LogP contribution is -1.92. The van der Waals surface area contributed by atoms with Crippen molar-refractivity contribution >= 4 is 33.2 Å². The number of halogens is 2. The molecule has 1 aromatic heterocycles. The maximum atomic E-state index is 11.0. The smallest absolute Gasteiger partial charge is 0.283 e. The predicted molar refractivity (Wildman–Crippen MR) is 73.4 cm³/mol. The lowest BCUT2D eigenvalue weighted by atomic mass is 10.2. The van der Waals surface area contributed by atoms with E-state index in [0.29, 0.717) is 5.89 Å². The van der Waals surface area contributed by atoms with Crippen LogP contribution in [-0.2, 0) is 0 Å². The van der Waals surface area contributed by atoms with Crippen LogP contribution >= 0.6 is 27.5 Å². The van der Waals surface area contributed by atoms with Crippen molar-refractivity contribution < 1.29 is 9.34 Å². The summed E-state index contributed by atoms with van der Waals surface area (Å²) in [5.74, 6) is 0.414. The lowest BCUT2D eigenvalue weighted by Gasteiger charge is -2.01. The molecule has 0 bridgehead atoms. The SMILES string of the molecule is CCC(Br)c1nnc(-c2c(Cl)cccc2[N+](=O)[O-])o1. The monoisotopic (exact) mass is 345 g/mol. The van der Waals surface area contributed by atoms with Crippen molar-refractivity contribution in [1.29, 1.82) is 0 Å². The Morgan fingerprint density at radius 2 is 2.26 bits per heavy atom. The van der Waals surface area contributed by atoms with Crippen LogP contribution in [0.15, 0.2) is 22.6 Å². The highest BCUT2D eigenvalue weighted by atomic mass is 79.9. The largest absolute Gasteiger partial charge is 0.419 e. The molecule has 0 saturated heterocycles. The molecule has 1 aromatic carbocycles. The van der Waals surface area contributed by atoms with Gasteiger partial charge in [0, 0.05) is 6.07 Å². The highest BCUT2D eigenvalue weighted by molar-refractivity contribution is 9.09. The van der Waals surface area contributed by atoms with Crippen LogP contribution in [0.5, 0.6) is 0 Å². The van der Waals surface area contributed by atoms with Crippen molar-refractivity contribution in [2.24, 2.45) is 0 Å². The third-order valence-corrected chi connectivity index (χ3v) is 3.82. The third kappa shape index (κ3) is 2.76. The summed E-state index contributed by atoms with van der Waals surface area (Å²) < 4.78 is 5.44. The standard InChI is InChI=1S/C11H9BrClN3O3/c1-2-6(12)10-14-15-11(19-10)9-7(13)4-3-5-8(9)16(17)18/h3-6H,2H2,1H3. The predicted octanol–water partition coefficient (Wildman–Crippen LogP) is 4.14. The minimum absolute atomic E-state index is 0.0465. The van der Waals surface area contributed by atoms with Gasteiger partial charge in [-0.2, -0.15) is 0 Å². The van der Waals surface area contributed by atoms with Crippen molar-refractivity contribution in [1.82, 2.24) is 10.2 Å². The number of alkyl halides is 1. The molecule has 2 rings (SSSR count). The molecule has 0 aliphatic rings. The molecule has 0 aliphatic heterocycles. The molecule has 0 spiro atoms. The number of benzene rings is 1. The first-order valence-electron chi connectivity index (χ1n) is 5.45. The summed E-state index contributed by atoms with van der Waals surface area (Å²) >= 11 is 9.36. The Labute approximate surface area is 122 Å². The zero-order valence-electron chi connectivity index (χ0n) is 9.84. The molecule has 0 fully saturated rings. The van der Waals surface area contributed by atoms with Gasteiger partial charge in [0.25, 0.3) is 11.6 Å². The van der Waals surface area contributed by atoms with E-state index >= 15 is 0 Å². The van der Waals surface area contributed by atoms with Crippen molar-refractivity contribution in [2.45, 2.75) is 18.2 Å². The number of nitro groups is 1. The fourth-order valence-corrected chi connectivity index (χ4v) is 1.95. The number of rotatable bonds is 4. The average Bonchev–Trinajstić information content (AvgIpc) is 2.86. The van der Waals surface area contributed by atoms with E-state index in [2.05, 4.69) is 26.1 Å². The molecule has 0 aliphatic carbocycles. The molecule has 6 nitrogen and oxygen atoms in total. The average molecular weight is 347 g/mol. The van der Waals surface area contributed by atoms with Crippen LogP contribution in [0.3, 0.4) is 0 Å². The van der Waals surface area contributed by atoms with Crippen LogP contribution in [-0.4, -0.2) is 15.1 Å². The maximum Gasteiger partial charge on any atom is 0.283 e. The molecular weight excluding hydrogens is 337 g/mol. The number of hydrogen-bond acceptors (Lipinski definition) is 5. The second-order valence-corrected chi connectivity index (χ2v) is 5.22. The van der Waals surface area contributed by atoms with Crippen LogP contribution in [0, 0.1) is 10.1 Å². The molecular formula is C11H9BrClN3O3. The summed E-state index contributed by atoms with van der Waals surface area (Å²) in [6, 6.07) is 4.39. The van der Waals surface area contributed by atoms with Crippen LogP contribution in [0.4, 0.5) is 5.69 Å². The van der Waals surface area contributed by atoms with Gasteiger partial charge >= 0.3 is 0 Å². The summed E-state index contributed by atoms with van der Waals surface area (Å²) in [7, 11) is 0. The molecule has 1 atom stereocenters. The van der Waals surface area contributed by atoms with E-state index in [1.807, 2.05) is 6.92 Å². The molecule has 100 valence electrons. The van der Waals surface area contributed by atoms with Crippen LogP contribution in [0.1, 0.15) is 24.1 Å². The highest BCUT2D eigenvalue weighted by Crippen LogP contribution is 2.36. The summed E-state index contributed by atoms with van der Waals surface area (Å²) in [6.07, 6.45) is 0.756. The molecule has 0 saturated carbocycles. The molecule has 1 heterocycles. The van der Waals surface area contributed by atoms with E-state index in [1.54, 1.807) is 6.07 Å². The molecule has 8 heteroatoms. The second-order valence-electron chi connectivity index (χ2n) is 3.71. The fraction of sp³-hybridized carbons (Fsp3) is 0.273. The number of hydrogen-bond donors (Lipinski definition) is 0. The zero-order chi connectivity index (χ0) is 14.0. The normalized spacial score (nSPS) is 12.4. The molecule has 19 heavy (non-hydrogen) atoms. The van der Waals surface area contributed by atoms with Gasteiger partial charge in [0.2, 0.25) is 5.89 Å². The van der Waals surface area contributed by atoms with Crippen molar-refractivity contribution in [3.05, 3.63) is 39.2 Å². The summed E-state index contributed by atoms with van der Waals surface area (Å²) in [5.41, 5.74) is -0.0194. The van der Waals surface area contributed by atoms with Crippen LogP contribution in [0.2, 0.25) is 5.02 Å². The minimum atomic E-state index is -0.531. The van der Waals surface area contributed by atoms with E-state index in [0.717, 1.165) is 6.42 Å². The van der Waals surface area contributed by atoms with Gasteiger partial charge in [-0.05, 0) is 12.5 Å². The number of aromatic nitrogens is 2. The molecule has 0 N–H and O–H groups in total. The van der Waals surface area contributed by atoms with Crippen molar-refractivity contribution in [3.63, 3.8) is 0 Å². The summed E-state index contributed by atoms with van der Waals surface area (Å²) in [5, 5.41) is 18.9. The van der Waals surface area contributed by atoms with Gasteiger partial charge in [-0.3, -0.25) is 10.1 Å². The second kappa shape index (κ2) is 5.66. The first-order valence-corrected chi connectivity index (χ1v) is 6.74. The zero-order valence-corrected chi connectivity index (χ0v) is 12.2. The maximum absolute atomic E-state index is 11.0. The number of nitrogens with zero attached hydrogens (tertiary/aromatic N) is 3. The van der Waals surface area contributed by atoms with Crippen molar-refractivity contribution in [2.75, 3.05) is 0 Å². The Kier molecular flexibility index (Phi) is 4.16. The van der Waals surface area contributed by atoms with Gasteiger partial charge in [0.15, 0.2) is 0 Å². The number of nitro benzene ring substituents is 1. The first-order chi connectivity index (χ1) is 9.04. The van der Waals surface area contributed by atoms with Gasteiger partial charge in [0.1, 0.15) is 5.56 Å². The van der Waals surface area contributed by atoms with E-state index < -0.39 is 4.92 Å². The van der Waals surface area contributed by atoms with Gasteiger partial charge in [0.05, 0.1) is 14.8 Å². The lowest BCUT2D eigenvalue weighted by molar-refractivity contribution is -0.384. The summed E-state index contributed by atoms with van der Waals surface area (Å²) in [4.78, 5) is 10.4. The molecule has 0 radical (unpaired) electrons. The van der Waals surface area contributed by atoms with E-state index in [9.17, 15) is 10.1 Å². The molecule has 1 unspecified atom stereocenters. The van der Waals surface area contributed by atoms with Crippen molar-refractivity contribution in [3.8, 4) is 11.5 Å². The van der Waals surface area contributed by atoms with Crippen LogP contribution in [0.25, 0.3) is 11.5 Å². The highest BCUT2D eigenvalue weighted by Gasteiger charge is 2.24. The van der Waals surface area contributed by atoms with Gasteiger partial charge in [-0.1, -0.05) is 40.5 Å². The van der Waals surface area contributed by atoms with E-state index in [4.69, 9.17) is 16.0 Å². The Hall–Kier alpha value is -1.47. The van der Waals surface area contributed by atoms with Gasteiger partial charge in [-0.15, -0.1) is 10.2 Å². The Balaban J connectivity index is 2.53. The quantitative estimate of drug-likeness (QED) is 0.472. The Bertz CT molecular complexity index is 617. The van der Waals surface area contributed by atoms with Gasteiger partial charge < -0.3 is 4.42 Å².